The van der Waals surface area contributed by atoms with Crippen molar-refractivity contribution < 1.29 is 22.7 Å². The van der Waals surface area contributed by atoms with Crippen LogP contribution in [-0.4, -0.2) is 68.9 Å². The predicted octanol–water partition coefficient (Wildman–Crippen LogP) is 2.42. The van der Waals surface area contributed by atoms with E-state index >= 15 is 0 Å². The molecule has 2 aliphatic heterocycles. The molecule has 1 aromatic rings. The Morgan fingerprint density at radius 1 is 1.07 bits per heavy atom. The Morgan fingerprint density at radius 3 is 2.10 bits per heavy atom. The molecule has 0 aromatic heterocycles. The van der Waals surface area contributed by atoms with Crippen LogP contribution in [0.5, 0.6) is 0 Å². The summed E-state index contributed by atoms with van der Waals surface area (Å²) in [6.07, 6.45) is -0.399. The number of anilines is 2. The van der Waals surface area contributed by atoms with Crippen LogP contribution in [-0.2, 0) is 18.6 Å². The summed E-state index contributed by atoms with van der Waals surface area (Å²) >= 11 is 0. The highest BCUT2D eigenvalue weighted by Crippen LogP contribution is 2.28. The van der Waals surface area contributed by atoms with E-state index in [1.165, 1.54) is 4.90 Å². The van der Waals surface area contributed by atoms with Gasteiger partial charge >= 0.3 is 6.09 Å². The number of benzene rings is 1. The Hall–Kier alpha value is -2.00. The lowest BCUT2D eigenvalue weighted by molar-refractivity contribution is -0.117. The first-order valence-corrected chi connectivity index (χ1v) is 11.9. The number of nitrogens with zero attached hydrogens (tertiary/aromatic N) is 3. The van der Waals surface area contributed by atoms with Crippen LogP contribution < -0.4 is 9.80 Å². The quantitative estimate of drug-likeness (QED) is 0.667. The number of hydrogen-bond acceptors (Lipinski definition) is 6. The van der Waals surface area contributed by atoms with E-state index in [1.54, 1.807) is 17.0 Å². The fraction of sp³-hybridized carbons (Fsp3) is 0.579. The van der Waals surface area contributed by atoms with Crippen LogP contribution in [0.15, 0.2) is 24.3 Å². The van der Waals surface area contributed by atoms with Crippen molar-refractivity contribution in [1.29, 1.82) is 0 Å². The Kier molecular flexibility index (Phi) is 6.01. The summed E-state index contributed by atoms with van der Waals surface area (Å²) in [5.74, 6) is -0.252. The highest BCUT2D eigenvalue weighted by molar-refractivity contribution is 8.14. The molecule has 160 valence electrons. The van der Waals surface area contributed by atoms with Crippen LogP contribution in [0.25, 0.3) is 0 Å². The molecule has 2 fully saturated rings. The Labute approximate surface area is 175 Å². The first kappa shape index (κ1) is 21.7. The van der Waals surface area contributed by atoms with Crippen molar-refractivity contribution in [2.45, 2.75) is 38.0 Å². The Morgan fingerprint density at radius 2 is 1.62 bits per heavy atom. The molecule has 1 aromatic carbocycles. The minimum Gasteiger partial charge on any atom is -0.444 e. The van der Waals surface area contributed by atoms with E-state index in [1.807, 2.05) is 32.9 Å². The molecule has 8 nitrogen and oxygen atoms in total. The van der Waals surface area contributed by atoms with Crippen LogP contribution in [0.3, 0.4) is 0 Å². The molecule has 0 N–H and O–H groups in total. The zero-order chi connectivity index (χ0) is 21.4. The SMILES string of the molecule is CC(C)(C)OC(=O)N1CCN(c2ccc(N3CC(S(=O)(=O)Cl)CC3=O)cc2)CC1. The number of amides is 2. The Bertz CT molecular complexity index is 874. The second kappa shape index (κ2) is 8.02. The molecule has 2 heterocycles. The number of carbonyl (C=O) groups excluding carboxylic acids is 2. The number of rotatable bonds is 3. The molecule has 0 bridgehead atoms. The van der Waals surface area contributed by atoms with Crippen LogP contribution in [0.2, 0.25) is 0 Å². The highest BCUT2D eigenvalue weighted by Gasteiger charge is 2.38. The summed E-state index contributed by atoms with van der Waals surface area (Å²) in [5, 5.41) is -0.878. The van der Waals surface area contributed by atoms with Gasteiger partial charge in [-0.25, -0.2) is 13.2 Å². The fourth-order valence-electron chi connectivity index (χ4n) is 3.43. The molecule has 1 unspecified atom stereocenters. The number of carbonyl (C=O) groups is 2. The van der Waals surface area contributed by atoms with Gasteiger partial charge in [-0.3, -0.25) is 4.79 Å². The molecule has 0 radical (unpaired) electrons. The molecule has 29 heavy (non-hydrogen) atoms. The minimum absolute atomic E-state index is 0.0680. The van der Waals surface area contributed by atoms with E-state index < -0.39 is 19.9 Å². The number of ether oxygens (including phenoxy) is 1. The van der Waals surface area contributed by atoms with Gasteiger partial charge < -0.3 is 19.4 Å². The maximum Gasteiger partial charge on any atom is 0.410 e. The van der Waals surface area contributed by atoms with Crippen molar-refractivity contribution >= 4 is 43.1 Å². The lowest BCUT2D eigenvalue weighted by Crippen LogP contribution is -2.50. The summed E-state index contributed by atoms with van der Waals surface area (Å²) in [6.45, 7) is 8.09. The van der Waals surface area contributed by atoms with Gasteiger partial charge in [-0.2, -0.15) is 0 Å². The smallest absolute Gasteiger partial charge is 0.410 e. The van der Waals surface area contributed by atoms with Crippen molar-refractivity contribution in [3.8, 4) is 0 Å². The highest BCUT2D eigenvalue weighted by atomic mass is 35.7. The van der Waals surface area contributed by atoms with Gasteiger partial charge in [-0.05, 0) is 45.0 Å². The monoisotopic (exact) mass is 443 g/mol. The molecular weight excluding hydrogens is 418 g/mol. The van der Waals surface area contributed by atoms with Crippen molar-refractivity contribution in [2.24, 2.45) is 0 Å². The average molecular weight is 444 g/mol. The molecule has 0 saturated carbocycles. The summed E-state index contributed by atoms with van der Waals surface area (Å²) in [5.41, 5.74) is 1.11. The number of hydrogen-bond donors (Lipinski definition) is 0. The molecule has 2 saturated heterocycles. The van der Waals surface area contributed by atoms with Crippen LogP contribution in [0.4, 0.5) is 16.2 Å². The molecular formula is C19H26ClN3O5S. The van der Waals surface area contributed by atoms with Crippen molar-refractivity contribution in [1.82, 2.24) is 4.90 Å². The van der Waals surface area contributed by atoms with Crippen LogP contribution >= 0.6 is 10.7 Å². The summed E-state index contributed by atoms with van der Waals surface area (Å²) in [6, 6.07) is 7.40. The third-order valence-corrected chi connectivity index (χ3v) is 6.81. The molecule has 2 amide bonds. The fourth-order valence-corrected chi connectivity index (χ4v) is 4.46. The van der Waals surface area contributed by atoms with E-state index in [0.717, 1.165) is 5.69 Å². The maximum absolute atomic E-state index is 12.2. The molecule has 0 aliphatic carbocycles. The zero-order valence-electron chi connectivity index (χ0n) is 16.8. The van der Waals surface area contributed by atoms with Gasteiger partial charge in [0.1, 0.15) is 10.9 Å². The van der Waals surface area contributed by atoms with E-state index in [-0.39, 0.29) is 25.0 Å². The second-order valence-corrected chi connectivity index (χ2v) is 11.2. The molecule has 3 rings (SSSR count). The molecule has 1 atom stereocenters. The number of halogens is 1. The standard InChI is InChI=1S/C19H26ClN3O5S/c1-19(2,3)28-18(25)22-10-8-21(9-11-22)14-4-6-15(7-5-14)23-13-16(12-17(23)24)29(20,26)27/h4-7,16H,8-13H2,1-3H3. The second-order valence-electron chi connectivity index (χ2n) is 8.28. The van der Waals surface area contributed by atoms with Gasteiger partial charge in [0.2, 0.25) is 15.0 Å². The van der Waals surface area contributed by atoms with E-state index in [2.05, 4.69) is 4.90 Å². The Balaban J connectivity index is 1.59. The normalized spacial score (nSPS) is 20.9. The third-order valence-electron chi connectivity index (χ3n) is 4.95. The first-order chi connectivity index (χ1) is 13.4. The molecule has 2 aliphatic rings. The predicted molar refractivity (Wildman–Crippen MR) is 112 cm³/mol. The van der Waals surface area contributed by atoms with Crippen molar-refractivity contribution in [3.05, 3.63) is 24.3 Å². The molecule has 0 spiro atoms. The largest absolute Gasteiger partial charge is 0.444 e. The van der Waals surface area contributed by atoms with Crippen molar-refractivity contribution in [2.75, 3.05) is 42.5 Å². The summed E-state index contributed by atoms with van der Waals surface area (Å²) in [4.78, 5) is 29.6. The average Bonchev–Trinajstić information content (AvgIpc) is 3.03. The van der Waals surface area contributed by atoms with Gasteiger partial charge in [0.05, 0.1) is 0 Å². The van der Waals surface area contributed by atoms with E-state index in [4.69, 9.17) is 15.4 Å². The first-order valence-electron chi connectivity index (χ1n) is 9.51. The van der Waals surface area contributed by atoms with Crippen LogP contribution in [0.1, 0.15) is 27.2 Å². The van der Waals surface area contributed by atoms with Gasteiger partial charge in [0.25, 0.3) is 0 Å². The lowest BCUT2D eigenvalue weighted by atomic mass is 10.2. The minimum atomic E-state index is -3.77. The van der Waals surface area contributed by atoms with Gasteiger partial charge in [-0.15, -0.1) is 0 Å². The zero-order valence-corrected chi connectivity index (χ0v) is 18.4. The third kappa shape index (κ3) is 5.33. The van der Waals surface area contributed by atoms with E-state index in [9.17, 15) is 18.0 Å². The van der Waals surface area contributed by atoms with Gasteiger partial charge in [-0.1, -0.05) is 0 Å². The molecule has 10 heteroatoms. The summed E-state index contributed by atoms with van der Waals surface area (Å²) in [7, 11) is 1.64. The van der Waals surface area contributed by atoms with Gasteiger partial charge in [0, 0.05) is 61.2 Å². The van der Waals surface area contributed by atoms with Crippen molar-refractivity contribution in [3.63, 3.8) is 0 Å². The van der Waals surface area contributed by atoms with Gasteiger partial charge in [0.15, 0.2) is 0 Å². The maximum atomic E-state index is 12.2. The van der Waals surface area contributed by atoms with E-state index in [0.29, 0.717) is 31.9 Å². The van der Waals surface area contributed by atoms with Crippen LogP contribution in [0, 0.1) is 0 Å². The lowest BCUT2D eigenvalue weighted by Gasteiger charge is -2.36. The summed E-state index contributed by atoms with van der Waals surface area (Å²) < 4.78 is 28.4. The topological polar surface area (TPSA) is 87.2 Å². The number of piperazine rings is 1.